The van der Waals surface area contributed by atoms with Crippen LogP contribution in [0, 0.1) is 10.1 Å². The van der Waals surface area contributed by atoms with Crippen molar-refractivity contribution in [3.63, 3.8) is 0 Å². The van der Waals surface area contributed by atoms with E-state index in [4.69, 9.17) is 5.73 Å². The second-order valence-corrected chi connectivity index (χ2v) is 4.57. The molecule has 94 valence electrons. The largest absolute Gasteiger partial charge is 0.374 e. The predicted octanol–water partition coefficient (Wildman–Crippen LogP) is 2.24. The van der Waals surface area contributed by atoms with Crippen molar-refractivity contribution in [2.75, 3.05) is 5.73 Å². The quantitative estimate of drug-likeness (QED) is 0.566. The third-order valence-corrected chi connectivity index (χ3v) is 3.10. The van der Waals surface area contributed by atoms with E-state index < -0.39 is 4.92 Å². The normalized spacial score (nSPS) is 10.7. The SMILES string of the molecule is Nc1nc(-c2ccc3cc([N+](=O)[O-])ccc3n2)ns1. The number of nitro benzene ring substituents is 1. The highest BCUT2D eigenvalue weighted by atomic mass is 32.1. The third kappa shape index (κ3) is 2.08. The molecule has 0 saturated heterocycles. The van der Waals surface area contributed by atoms with Gasteiger partial charge in [-0.25, -0.2) is 4.98 Å². The van der Waals surface area contributed by atoms with E-state index in [1.165, 1.54) is 12.1 Å². The lowest BCUT2D eigenvalue weighted by Crippen LogP contribution is -1.90. The fraction of sp³-hybridized carbons (Fsp3) is 0. The van der Waals surface area contributed by atoms with Crippen molar-refractivity contribution >= 4 is 33.3 Å². The maximum atomic E-state index is 10.7. The van der Waals surface area contributed by atoms with Gasteiger partial charge in [-0.15, -0.1) is 0 Å². The molecule has 3 aromatic rings. The minimum atomic E-state index is -0.434. The van der Waals surface area contributed by atoms with Crippen molar-refractivity contribution in [1.82, 2.24) is 14.3 Å². The molecule has 0 aliphatic rings. The number of hydrogen-bond donors (Lipinski definition) is 1. The Kier molecular flexibility index (Phi) is 2.57. The molecule has 0 radical (unpaired) electrons. The summed E-state index contributed by atoms with van der Waals surface area (Å²) in [7, 11) is 0. The Labute approximate surface area is 111 Å². The van der Waals surface area contributed by atoms with Crippen LogP contribution in [-0.4, -0.2) is 19.3 Å². The van der Waals surface area contributed by atoms with Gasteiger partial charge in [-0.05, 0) is 12.1 Å². The highest BCUT2D eigenvalue weighted by Crippen LogP contribution is 2.23. The number of anilines is 1. The van der Waals surface area contributed by atoms with Gasteiger partial charge in [0.1, 0.15) is 5.69 Å². The molecule has 0 spiro atoms. The van der Waals surface area contributed by atoms with Gasteiger partial charge in [0.05, 0.1) is 10.4 Å². The molecular weight excluding hydrogens is 266 g/mol. The van der Waals surface area contributed by atoms with Gasteiger partial charge in [0.25, 0.3) is 5.69 Å². The summed E-state index contributed by atoms with van der Waals surface area (Å²) in [5.41, 5.74) is 6.81. The Hall–Kier alpha value is -2.61. The minimum Gasteiger partial charge on any atom is -0.374 e. The van der Waals surface area contributed by atoms with E-state index in [1.807, 2.05) is 0 Å². The van der Waals surface area contributed by atoms with E-state index >= 15 is 0 Å². The zero-order chi connectivity index (χ0) is 13.4. The van der Waals surface area contributed by atoms with Crippen molar-refractivity contribution in [2.45, 2.75) is 0 Å². The second kappa shape index (κ2) is 4.25. The average Bonchev–Trinajstić information content (AvgIpc) is 2.84. The van der Waals surface area contributed by atoms with Crippen LogP contribution in [0.5, 0.6) is 0 Å². The number of aromatic nitrogens is 3. The van der Waals surface area contributed by atoms with Gasteiger partial charge in [-0.3, -0.25) is 10.1 Å². The third-order valence-electron chi connectivity index (χ3n) is 2.55. The van der Waals surface area contributed by atoms with E-state index in [-0.39, 0.29) is 5.69 Å². The van der Waals surface area contributed by atoms with Gasteiger partial charge in [-0.2, -0.15) is 9.36 Å². The number of nitrogen functional groups attached to an aromatic ring is 1. The fourth-order valence-electron chi connectivity index (χ4n) is 1.69. The summed E-state index contributed by atoms with van der Waals surface area (Å²) in [4.78, 5) is 18.7. The number of non-ortho nitro benzene ring substituents is 1. The van der Waals surface area contributed by atoms with E-state index in [9.17, 15) is 10.1 Å². The standard InChI is InChI=1S/C11H7N5O2S/c12-11-14-10(15-19-11)9-3-1-6-5-7(16(17)18)2-4-8(6)13-9/h1-5H,(H2,12,14,15). The van der Waals surface area contributed by atoms with Crippen LogP contribution in [0.4, 0.5) is 10.8 Å². The molecule has 19 heavy (non-hydrogen) atoms. The van der Waals surface area contributed by atoms with Crippen LogP contribution in [0.3, 0.4) is 0 Å². The van der Waals surface area contributed by atoms with Crippen molar-refractivity contribution in [3.8, 4) is 11.5 Å². The van der Waals surface area contributed by atoms with Gasteiger partial charge >= 0.3 is 0 Å². The molecular formula is C11H7N5O2S. The highest BCUT2D eigenvalue weighted by molar-refractivity contribution is 7.09. The van der Waals surface area contributed by atoms with Crippen molar-refractivity contribution < 1.29 is 4.92 Å². The summed E-state index contributed by atoms with van der Waals surface area (Å²) < 4.78 is 4.07. The number of pyridine rings is 1. The number of nitrogens with zero attached hydrogens (tertiary/aromatic N) is 4. The van der Waals surface area contributed by atoms with Gasteiger partial charge in [-0.1, -0.05) is 6.07 Å². The Balaban J connectivity index is 2.11. The summed E-state index contributed by atoms with van der Waals surface area (Å²) in [6.45, 7) is 0. The molecule has 0 atom stereocenters. The van der Waals surface area contributed by atoms with Crippen molar-refractivity contribution in [1.29, 1.82) is 0 Å². The van der Waals surface area contributed by atoms with Crippen LogP contribution < -0.4 is 5.73 Å². The highest BCUT2D eigenvalue weighted by Gasteiger charge is 2.10. The average molecular weight is 273 g/mol. The summed E-state index contributed by atoms with van der Waals surface area (Å²) in [6, 6.07) is 7.97. The van der Waals surface area contributed by atoms with Crippen LogP contribution in [0.2, 0.25) is 0 Å². The number of fused-ring (bicyclic) bond motifs is 1. The first-order valence-electron chi connectivity index (χ1n) is 5.28. The Bertz CT molecular complexity index is 786. The van der Waals surface area contributed by atoms with Gasteiger partial charge in [0, 0.05) is 29.1 Å². The molecule has 0 aliphatic heterocycles. The predicted molar refractivity (Wildman–Crippen MR) is 71.7 cm³/mol. The smallest absolute Gasteiger partial charge is 0.270 e. The lowest BCUT2D eigenvalue weighted by Gasteiger charge is -1.99. The number of nitrogens with two attached hydrogens (primary N) is 1. The first-order valence-corrected chi connectivity index (χ1v) is 6.05. The second-order valence-electron chi connectivity index (χ2n) is 3.79. The number of rotatable bonds is 2. The molecule has 0 unspecified atom stereocenters. The van der Waals surface area contributed by atoms with Crippen LogP contribution in [0.25, 0.3) is 22.4 Å². The van der Waals surface area contributed by atoms with Gasteiger partial charge < -0.3 is 5.73 Å². The number of hydrogen-bond acceptors (Lipinski definition) is 7. The zero-order valence-corrected chi connectivity index (χ0v) is 10.3. The Morgan fingerprint density at radius 2 is 2.05 bits per heavy atom. The molecule has 7 nitrogen and oxygen atoms in total. The summed E-state index contributed by atoms with van der Waals surface area (Å²) in [6.07, 6.45) is 0. The summed E-state index contributed by atoms with van der Waals surface area (Å²) in [5.74, 6) is 0.461. The maximum Gasteiger partial charge on any atom is 0.270 e. The van der Waals surface area contributed by atoms with Gasteiger partial charge in [0.15, 0.2) is 11.0 Å². The molecule has 0 fully saturated rings. The van der Waals surface area contributed by atoms with Crippen LogP contribution in [0.15, 0.2) is 30.3 Å². The topological polar surface area (TPSA) is 108 Å². The number of benzene rings is 1. The molecule has 0 aliphatic carbocycles. The van der Waals surface area contributed by atoms with Gasteiger partial charge in [0.2, 0.25) is 0 Å². The molecule has 0 bridgehead atoms. The van der Waals surface area contributed by atoms with E-state index in [2.05, 4.69) is 14.3 Å². The molecule has 1 aromatic carbocycles. The molecule has 3 rings (SSSR count). The monoisotopic (exact) mass is 273 g/mol. The summed E-state index contributed by atoms with van der Waals surface area (Å²) in [5, 5.41) is 11.8. The van der Waals surface area contributed by atoms with Crippen LogP contribution in [-0.2, 0) is 0 Å². The molecule has 0 saturated carbocycles. The Morgan fingerprint density at radius 1 is 1.21 bits per heavy atom. The Morgan fingerprint density at radius 3 is 2.74 bits per heavy atom. The van der Waals surface area contributed by atoms with E-state index in [1.54, 1.807) is 18.2 Å². The first-order chi connectivity index (χ1) is 9.13. The lowest BCUT2D eigenvalue weighted by atomic mass is 10.2. The van der Waals surface area contributed by atoms with Crippen molar-refractivity contribution in [3.05, 3.63) is 40.4 Å². The fourth-order valence-corrected chi connectivity index (χ4v) is 2.13. The summed E-state index contributed by atoms with van der Waals surface area (Å²) >= 11 is 1.10. The molecule has 2 N–H and O–H groups in total. The molecule has 2 aromatic heterocycles. The van der Waals surface area contributed by atoms with E-state index in [0.717, 1.165) is 11.5 Å². The van der Waals surface area contributed by atoms with Crippen LogP contribution >= 0.6 is 11.5 Å². The molecule has 8 heteroatoms. The zero-order valence-electron chi connectivity index (χ0n) is 9.48. The van der Waals surface area contributed by atoms with Crippen LogP contribution in [0.1, 0.15) is 0 Å². The minimum absolute atomic E-state index is 0.0399. The molecule has 0 amide bonds. The van der Waals surface area contributed by atoms with E-state index in [0.29, 0.717) is 27.6 Å². The van der Waals surface area contributed by atoms with Crippen molar-refractivity contribution in [2.24, 2.45) is 0 Å². The lowest BCUT2D eigenvalue weighted by molar-refractivity contribution is -0.384. The number of nitro groups is 1. The molecule has 2 heterocycles. The maximum absolute atomic E-state index is 10.7. The first kappa shape index (κ1) is 11.5.